The monoisotopic (exact) mass is 848 g/mol. The third kappa shape index (κ3) is 8.53. The Morgan fingerprint density at radius 2 is 1.54 bits per heavy atom. The second kappa shape index (κ2) is 15.2. The summed E-state index contributed by atoms with van der Waals surface area (Å²) in [5, 5.41) is 15.3. The maximum absolute atomic E-state index is 11.5. The van der Waals surface area contributed by atoms with Crippen molar-refractivity contribution < 1.29 is 34.4 Å². The number of fused-ring (bicyclic) bond motifs is 6. The van der Waals surface area contributed by atoms with E-state index in [1.54, 1.807) is 0 Å². The van der Waals surface area contributed by atoms with Crippen LogP contribution >= 0.6 is 0 Å². The minimum atomic E-state index is -0.417. The molecular weight excluding hydrogens is 797 g/mol. The summed E-state index contributed by atoms with van der Waals surface area (Å²) in [4.78, 5) is 21.4. The second-order valence-corrected chi connectivity index (χ2v) is 16.2. The van der Waals surface area contributed by atoms with E-state index in [1.807, 2.05) is 72.7 Å². The van der Waals surface area contributed by atoms with Gasteiger partial charge in [-0.15, -0.1) is 18.2 Å². The van der Waals surface area contributed by atoms with E-state index in [0.29, 0.717) is 11.8 Å². The number of aromatic nitrogens is 2. The fourth-order valence-electron chi connectivity index (χ4n) is 6.12. The van der Waals surface area contributed by atoms with Gasteiger partial charge in [-0.3, -0.25) is 9.78 Å². The number of allylic oxidation sites excluding steroid dienone is 2. The molecule has 0 saturated carbocycles. The number of carbonyl (C=O) groups excluding carboxylic acids is 1. The van der Waals surface area contributed by atoms with Crippen molar-refractivity contribution in [3.05, 3.63) is 95.5 Å². The van der Waals surface area contributed by atoms with Crippen molar-refractivity contribution in [1.82, 2.24) is 9.97 Å². The van der Waals surface area contributed by atoms with E-state index < -0.39 is 5.41 Å². The topological polar surface area (TPSA) is 76.2 Å². The molecule has 265 valence electrons. The summed E-state index contributed by atoms with van der Waals surface area (Å²) in [5.74, 6) is 2.03. The first kappa shape index (κ1) is 38.9. The molecule has 0 aliphatic heterocycles. The molecule has 6 aromatic rings. The Kier molecular flexibility index (Phi) is 11.8. The van der Waals surface area contributed by atoms with Crippen LogP contribution in [0.3, 0.4) is 0 Å². The Hall–Kier alpha value is -3.86. The summed E-state index contributed by atoms with van der Waals surface area (Å²) in [6.07, 6.45) is 3.43. The number of furan rings is 1. The van der Waals surface area contributed by atoms with Crippen LogP contribution in [0.2, 0.25) is 0 Å². The SMILES string of the molecule is CC(C)(C)C(=O)/C=C(\O)C(C)(C)C.Cc1nc(-c2[c-]ccc3c2oc2ccccc23)c2ccc3cc(CC(C)C)cc(CC(C)C)c3c2n1.[Ir]. The number of ketones is 1. The molecule has 6 heteroatoms. The number of hydrogen-bond acceptors (Lipinski definition) is 5. The zero-order valence-corrected chi connectivity index (χ0v) is 33.8. The van der Waals surface area contributed by atoms with E-state index in [1.165, 1.54) is 28.0 Å². The molecule has 5 nitrogen and oxygen atoms in total. The normalized spacial score (nSPS) is 12.5. The van der Waals surface area contributed by atoms with Gasteiger partial charge in [0.2, 0.25) is 0 Å². The summed E-state index contributed by atoms with van der Waals surface area (Å²) in [7, 11) is 0. The van der Waals surface area contributed by atoms with E-state index in [9.17, 15) is 9.90 Å². The number of nitrogens with zero attached hydrogens (tertiary/aromatic N) is 2. The molecular formula is C44H51IrN2O3-. The zero-order valence-electron chi connectivity index (χ0n) is 31.4. The van der Waals surface area contributed by atoms with Crippen LogP contribution in [0.15, 0.2) is 76.9 Å². The van der Waals surface area contributed by atoms with Gasteiger partial charge in [0, 0.05) is 53.5 Å². The number of hydrogen-bond donors (Lipinski definition) is 1. The van der Waals surface area contributed by atoms with Gasteiger partial charge < -0.3 is 9.52 Å². The molecule has 0 unspecified atom stereocenters. The smallest absolute Gasteiger partial charge is 0.164 e. The molecule has 1 N–H and O–H groups in total. The minimum absolute atomic E-state index is 0. The number of aliphatic hydroxyl groups is 1. The molecule has 0 bridgehead atoms. The summed E-state index contributed by atoms with van der Waals surface area (Å²) in [6, 6.07) is 24.9. The Bertz CT molecular complexity index is 2190. The molecule has 0 spiro atoms. The van der Waals surface area contributed by atoms with E-state index in [-0.39, 0.29) is 37.1 Å². The van der Waals surface area contributed by atoms with Crippen LogP contribution in [0, 0.1) is 35.7 Å². The maximum atomic E-state index is 11.5. The molecule has 50 heavy (non-hydrogen) atoms. The maximum Gasteiger partial charge on any atom is 0.164 e. The van der Waals surface area contributed by atoms with E-state index in [0.717, 1.165) is 62.8 Å². The molecule has 0 amide bonds. The first-order chi connectivity index (χ1) is 22.9. The van der Waals surface area contributed by atoms with Crippen molar-refractivity contribution in [2.45, 2.75) is 89.0 Å². The zero-order chi connectivity index (χ0) is 35.8. The Morgan fingerprint density at radius 1 is 0.860 bits per heavy atom. The molecule has 4 aromatic carbocycles. The van der Waals surface area contributed by atoms with Crippen molar-refractivity contribution in [1.29, 1.82) is 0 Å². The molecule has 2 heterocycles. The standard InChI is InChI=1S/C33H31N2O.C11H20O2.Ir/c1-19(2)15-22-17-23-13-14-27-31(34-21(5)35-32(27)30(23)24(18-22)16-20(3)4)28-11-8-10-26-25-9-6-7-12-29(25)36-33(26)28;1-10(2,3)8(12)7-9(13)11(4,5)6;/h6-10,12-14,17-20H,15-16H2,1-5H3;7,12H,1-6H3;/q-1;;/b;8-7-;. The quantitative estimate of drug-likeness (QED) is 0.0782. The van der Waals surface area contributed by atoms with Crippen molar-refractivity contribution in [3.8, 4) is 11.3 Å². The Morgan fingerprint density at radius 3 is 2.18 bits per heavy atom. The first-order valence-electron chi connectivity index (χ1n) is 17.4. The van der Waals surface area contributed by atoms with E-state index in [2.05, 4.69) is 70.2 Å². The Balaban J connectivity index is 0.000000345. The van der Waals surface area contributed by atoms with Gasteiger partial charge in [-0.1, -0.05) is 123 Å². The summed E-state index contributed by atoms with van der Waals surface area (Å²) in [6.45, 7) is 22.2. The molecule has 0 saturated heterocycles. The summed E-state index contributed by atoms with van der Waals surface area (Å²) in [5.41, 5.74) is 6.51. The Labute approximate surface area is 310 Å². The minimum Gasteiger partial charge on any atom is -0.512 e. The molecule has 0 aliphatic rings. The third-order valence-corrected chi connectivity index (χ3v) is 8.66. The predicted octanol–water partition coefficient (Wildman–Crippen LogP) is 11.9. The van der Waals surface area contributed by atoms with Crippen LogP contribution in [0.25, 0.3) is 54.9 Å². The molecule has 6 rings (SSSR count). The molecule has 2 aromatic heterocycles. The molecule has 0 atom stereocenters. The largest absolute Gasteiger partial charge is 0.512 e. The summed E-state index contributed by atoms with van der Waals surface area (Å²) < 4.78 is 6.35. The third-order valence-electron chi connectivity index (χ3n) is 8.66. The number of carbonyl (C=O) groups is 1. The van der Waals surface area contributed by atoms with Crippen molar-refractivity contribution in [3.63, 3.8) is 0 Å². The van der Waals surface area contributed by atoms with Crippen LogP contribution in [0.4, 0.5) is 0 Å². The van der Waals surface area contributed by atoms with Gasteiger partial charge in [-0.25, -0.2) is 4.98 Å². The van der Waals surface area contributed by atoms with Crippen LogP contribution in [-0.2, 0) is 37.7 Å². The number of aryl methyl sites for hydroxylation is 1. The van der Waals surface area contributed by atoms with Crippen LogP contribution in [0.5, 0.6) is 0 Å². The number of aliphatic hydroxyl groups excluding tert-OH is 1. The van der Waals surface area contributed by atoms with Gasteiger partial charge in [0.1, 0.15) is 17.2 Å². The predicted molar refractivity (Wildman–Crippen MR) is 205 cm³/mol. The van der Waals surface area contributed by atoms with Crippen LogP contribution in [-0.4, -0.2) is 20.9 Å². The molecule has 0 fully saturated rings. The average molecular weight is 848 g/mol. The molecule has 1 radical (unpaired) electrons. The van der Waals surface area contributed by atoms with Gasteiger partial charge in [-0.2, -0.15) is 0 Å². The van der Waals surface area contributed by atoms with Crippen LogP contribution in [0.1, 0.15) is 86.2 Å². The van der Waals surface area contributed by atoms with Crippen LogP contribution < -0.4 is 0 Å². The van der Waals surface area contributed by atoms with Gasteiger partial charge in [-0.05, 0) is 59.6 Å². The fourth-order valence-corrected chi connectivity index (χ4v) is 6.12. The van der Waals surface area contributed by atoms with Gasteiger partial charge in [0.05, 0.1) is 11.1 Å². The van der Waals surface area contributed by atoms with Crippen molar-refractivity contribution in [2.24, 2.45) is 22.7 Å². The number of para-hydroxylation sites is 1. The summed E-state index contributed by atoms with van der Waals surface area (Å²) >= 11 is 0. The fraction of sp³-hybridized carbons (Fsp3) is 0.386. The van der Waals surface area contributed by atoms with Crippen molar-refractivity contribution >= 4 is 49.4 Å². The van der Waals surface area contributed by atoms with E-state index >= 15 is 0 Å². The van der Waals surface area contributed by atoms with Gasteiger partial charge >= 0.3 is 0 Å². The van der Waals surface area contributed by atoms with Crippen molar-refractivity contribution in [2.75, 3.05) is 0 Å². The second-order valence-electron chi connectivity index (χ2n) is 16.2. The first-order valence-corrected chi connectivity index (χ1v) is 17.4. The van der Waals surface area contributed by atoms with Gasteiger partial charge in [0.15, 0.2) is 5.78 Å². The average Bonchev–Trinajstić information content (AvgIpc) is 3.38. The number of rotatable bonds is 6. The number of benzene rings is 4. The van der Waals surface area contributed by atoms with Gasteiger partial charge in [0.25, 0.3) is 0 Å². The molecule has 0 aliphatic carbocycles. The van der Waals surface area contributed by atoms with E-state index in [4.69, 9.17) is 14.4 Å².